The number of piperazine rings is 1. The quantitative estimate of drug-likeness (QED) is 0.593. The summed E-state index contributed by atoms with van der Waals surface area (Å²) in [5.41, 5.74) is 1.74. The average molecular weight is 458 g/mol. The maximum absolute atomic E-state index is 14.7. The van der Waals surface area contributed by atoms with Gasteiger partial charge in [-0.05, 0) is 26.0 Å². The van der Waals surface area contributed by atoms with Gasteiger partial charge < -0.3 is 15.1 Å². The highest BCUT2D eigenvalue weighted by Gasteiger charge is 2.22. The second-order valence-corrected chi connectivity index (χ2v) is 8.23. The molecule has 9 heteroatoms. The summed E-state index contributed by atoms with van der Waals surface area (Å²) in [5, 5.41) is 4.07. The first-order valence-electron chi connectivity index (χ1n) is 10.9. The highest BCUT2D eigenvalue weighted by Crippen LogP contribution is 2.32. The van der Waals surface area contributed by atoms with Gasteiger partial charge in [-0.15, -0.1) is 0 Å². The number of hydrogen-bond donors (Lipinski definition) is 1. The normalized spacial score (nSPS) is 15.2. The van der Waals surface area contributed by atoms with Crippen LogP contribution in [-0.4, -0.2) is 47.0 Å². The third-order valence-corrected chi connectivity index (χ3v) is 6.07. The minimum absolute atomic E-state index is 0.0603. The number of fused-ring (bicyclic) bond motifs is 1. The van der Waals surface area contributed by atoms with E-state index in [9.17, 15) is 18.0 Å². The number of pyridine rings is 2. The Labute approximate surface area is 190 Å². The van der Waals surface area contributed by atoms with Crippen LogP contribution in [0.3, 0.4) is 0 Å². The second-order valence-electron chi connectivity index (χ2n) is 8.23. The van der Waals surface area contributed by atoms with Crippen molar-refractivity contribution in [2.45, 2.75) is 33.2 Å². The van der Waals surface area contributed by atoms with E-state index in [1.54, 1.807) is 26.1 Å². The summed E-state index contributed by atoms with van der Waals surface area (Å²) in [6, 6.07) is 7.21. The van der Waals surface area contributed by atoms with E-state index in [1.165, 1.54) is 12.1 Å². The Bertz CT molecular complexity index is 1180. The molecule has 3 heterocycles. The minimum atomic E-state index is -2.88. The fourth-order valence-electron chi connectivity index (χ4n) is 4.21. The maximum Gasteiger partial charge on any atom is 0.266 e. The summed E-state index contributed by atoms with van der Waals surface area (Å²) in [4.78, 5) is 24.7. The highest BCUT2D eigenvalue weighted by atomic mass is 19.3. The number of carbonyl (C=O) groups excluding carboxylic acids is 1. The molecule has 1 aliphatic rings. The third kappa shape index (κ3) is 4.58. The van der Waals surface area contributed by atoms with Gasteiger partial charge in [-0.2, -0.15) is 0 Å². The van der Waals surface area contributed by atoms with Gasteiger partial charge in [0, 0.05) is 55.9 Å². The van der Waals surface area contributed by atoms with E-state index in [1.807, 2.05) is 17.9 Å². The van der Waals surface area contributed by atoms with Gasteiger partial charge in [0.2, 0.25) is 5.91 Å². The largest absolute Gasteiger partial charge is 0.378 e. The van der Waals surface area contributed by atoms with Gasteiger partial charge in [-0.3, -0.25) is 9.78 Å². The summed E-state index contributed by atoms with van der Waals surface area (Å²) < 4.78 is 41.0. The smallest absolute Gasteiger partial charge is 0.266 e. The number of nitrogens with zero attached hydrogens (tertiary/aromatic N) is 4. The lowest BCUT2D eigenvalue weighted by Crippen LogP contribution is -2.48. The molecule has 1 saturated heterocycles. The predicted octanol–water partition coefficient (Wildman–Crippen LogP) is 4.86. The van der Waals surface area contributed by atoms with E-state index < -0.39 is 23.8 Å². The van der Waals surface area contributed by atoms with Crippen LogP contribution in [0.5, 0.6) is 0 Å². The first-order valence-corrected chi connectivity index (χ1v) is 10.9. The minimum Gasteiger partial charge on any atom is -0.378 e. The SMILES string of the molecule is CC(=O)N1CCN(c2cc3c(N[C@H](C)c4cccc(C(F)F)c4F)ccnc3c(C)n2)CC1. The summed E-state index contributed by atoms with van der Waals surface area (Å²) in [6.45, 7) is 7.77. The monoisotopic (exact) mass is 457 g/mol. The summed E-state index contributed by atoms with van der Waals surface area (Å²) >= 11 is 0. The number of aryl methyl sites for hydroxylation is 1. The predicted molar refractivity (Wildman–Crippen MR) is 122 cm³/mol. The molecule has 1 N–H and O–H groups in total. The van der Waals surface area contributed by atoms with E-state index in [4.69, 9.17) is 4.98 Å². The number of aromatic nitrogens is 2. The highest BCUT2D eigenvalue weighted by molar-refractivity contribution is 5.94. The topological polar surface area (TPSA) is 61.4 Å². The van der Waals surface area contributed by atoms with Gasteiger partial charge in [0.05, 0.1) is 22.8 Å². The Balaban J connectivity index is 1.65. The Morgan fingerprint density at radius 3 is 2.48 bits per heavy atom. The first kappa shape index (κ1) is 22.8. The van der Waals surface area contributed by atoms with Gasteiger partial charge >= 0.3 is 0 Å². The van der Waals surface area contributed by atoms with Crippen molar-refractivity contribution in [3.63, 3.8) is 0 Å². The van der Waals surface area contributed by atoms with Crippen molar-refractivity contribution in [2.24, 2.45) is 0 Å². The number of alkyl halides is 2. The Morgan fingerprint density at radius 1 is 1.12 bits per heavy atom. The van der Waals surface area contributed by atoms with Crippen LogP contribution in [0.2, 0.25) is 0 Å². The van der Waals surface area contributed by atoms with Gasteiger partial charge in [-0.25, -0.2) is 18.2 Å². The van der Waals surface area contributed by atoms with Gasteiger partial charge in [-0.1, -0.05) is 18.2 Å². The summed E-state index contributed by atoms with van der Waals surface area (Å²) in [5.74, 6) is -0.0596. The van der Waals surface area contributed by atoms with Crippen molar-refractivity contribution in [1.29, 1.82) is 0 Å². The van der Waals surface area contributed by atoms with Crippen LogP contribution in [0.1, 0.15) is 43.1 Å². The van der Waals surface area contributed by atoms with Crippen molar-refractivity contribution in [1.82, 2.24) is 14.9 Å². The zero-order valence-electron chi connectivity index (χ0n) is 18.8. The lowest BCUT2D eigenvalue weighted by atomic mass is 10.0. The molecule has 174 valence electrons. The number of benzene rings is 1. The van der Waals surface area contributed by atoms with Crippen LogP contribution in [0.4, 0.5) is 24.7 Å². The number of anilines is 2. The van der Waals surface area contributed by atoms with E-state index in [0.717, 1.165) is 23.0 Å². The molecule has 4 rings (SSSR count). The lowest BCUT2D eigenvalue weighted by molar-refractivity contribution is -0.129. The number of rotatable bonds is 5. The molecule has 3 aromatic rings. The van der Waals surface area contributed by atoms with Gasteiger partial charge in [0.15, 0.2) is 0 Å². The molecule has 0 spiro atoms. The fourth-order valence-corrected chi connectivity index (χ4v) is 4.21. The van der Waals surface area contributed by atoms with Gasteiger partial charge in [0.1, 0.15) is 11.6 Å². The molecule has 0 unspecified atom stereocenters. The zero-order valence-corrected chi connectivity index (χ0v) is 18.8. The molecule has 33 heavy (non-hydrogen) atoms. The standard InChI is InChI=1S/C24H26F3N5O/c1-14(17-5-4-6-18(22(17)25)24(26)27)29-20-7-8-28-23-15(2)30-21(13-19(20)23)32-11-9-31(10-12-32)16(3)33/h4-8,13-14,24H,9-12H2,1-3H3,(H,28,29)/t14-/m1/s1. The molecule has 1 aliphatic heterocycles. The number of carbonyl (C=O) groups is 1. The number of hydrogen-bond acceptors (Lipinski definition) is 5. The maximum atomic E-state index is 14.7. The molecular formula is C24H26F3N5O. The molecule has 0 radical (unpaired) electrons. The Hall–Kier alpha value is -3.36. The molecule has 6 nitrogen and oxygen atoms in total. The summed E-state index contributed by atoms with van der Waals surface area (Å²) in [6.07, 6.45) is -1.23. The average Bonchev–Trinajstić information content (AvgIpc) is 2.79. The number of halogens is 3. The Morgan fingerprint density at radius 2 is 1.82 bits per heavy atom. The van der Waals surface area contributed by atoms with E-state index in [2.05, 4.69) is 15.2 Å². The van der Waals surface area contributed by atoms with Crippen molar-refractivity contribution < 1.29 is 18.0 Å². The Kier molecular flexibility index (Phi) is 6.40. The van der Waals surface area contributed by atoms with Crippen LogP contribution in [0, 0.1) is 12.7 Å². The van der Waals surface area contributed by atoms with Crippen molar-refractivity contribution >= 4 is 28.3 Å². The molecule has 1 atom stereocenters. The van der Waals surface area contributed by atoms with Crippen LogP contribution >= 0.6 is 0 Å². The molecule has 0 bridgehead atoms. The van der Waals surface area contributed by atoms with E-state index >= 15 is 0 Å². The second kappa shape index (κ2) is 9.25. The zero-order chi connectivity index (χ0) is 23.7. The van der Waals surface area contributed by atoms with Crippen molar-refractivity contribution in [3.8, 4) is 0 Å². The lowest BCUT2D eigenvalue weighted by Gasteiger charge is -2.35. The van der Waals surface area contributed by atoms with Crippen LogP contribution in [-0.2, 0) is 4.79 Å². The van der Waals surface area contributed by atoms with Crippen LogP contribution < -0.4 is 10.2 Å². The first-order chi connectivity index (χ1) is 15.8. The molecule has 0 saturated carbocycles. The van der Waals surface area contributed by atoms with Crippen molar-refractivity contribution in [2.75, 3.05) is 36.4 Å². The van der Waals surface area contributed by atoms with E-state index in [0.29, 0.717) is 37.4 Å². The molecule has 2 aromatic heterocycles. The molecular weight excluding hydrogens is 431 g/mol. The molecule has 1 amide bonds. The number of nitrogens with one attached hydrogen (secondary N) is 1. The molecule has 1 fully saturated rings. The van der Waals surface area contributed by atoms with Crippen LogP contribution in [0.25, 0.3) is 10.9 Å². The van der Waals surface area contributed by atoms with Crippen LogP contribution in [0.15, 0.2) is 36.5 Å². The van der Waals surface area contributed by atoms with Gasteiger partial charge in [0.25, 0.3) is 6.43 Å². The fraction of sp³-hybridized carbons (Fsp3) is 0.375. The number of amides is 1. The van der Waals surface area contributed by atoms with E-state index in [-0.39, 0.29) is 11.5 Å². The third-order valence-electron chi connectivity index (χ3n) is 6.07. The molecule has 0 aliphatic carbocycles. The van der Waals surface area contributed by atoms with Crippen molar-refractivity contribution in [3.05, 3.63) is 59.2 Å². The summed E-state index contributed by atoms with van der Waals surface area (Å²) in [7, 11) is 0. The molecule has 1 aromatic carbocycles.